The second-order valence-corrected chi connectivity index (χ2v) is 10.3. The van der Waals surface area contributed by atoms with Gasteiger partial charge in [0.1, 0.15) is 30.1 Å². The number of benzene rings is 1. The van der Waals surface area contributed by atoms with Crippen molar-refractivity contribution in [3.8, 4) is 17.1 Å². The van der Waals surface area contributed by atoms with Crippen molar-refractivity contribution < 1.29 is 14.6 Å². The number of rotatable bonds is 9. The van der Waals surface area contributed by atoms with E-state index in [-0.39, 0.29) is 18.2 Å². The zero-order valence-electron chi connectivity index (χ0n) is 21.7. The SMILES string of the molecule is CNCC(O)COc1cccc(-c2nc(NC3CCOC3)c(C)c(N3CCN(C)C(C)(C)C3)n2)c1. The Labute approximate surface area is 208 Å². The molecular formula is C26H40N6O3. The molecule has 3 N–H and O–H groups in total. The van der Waals surface area contributed by atoms with Crippen molar-refractivity contribution in [2.24, 2.45) is 0 Å². The maximum Gasteiger partial charge on any atom is 0.164 e. The van der Waals surface area contributed by atoms with Gasteiger partial charge in [-0.05, 0) is 53.4 Å². The van der Waals surface area contributed by atoms with Crippen molar-refractivity contribution in [3.63, 3.8) is 0 Å². The van der Waals surface area contributed by atoms with Crippen molar-refractivity contribution >= 4 is 11.6 Å². The predicted octanol–water partition coefficient (Wildman–Crippen LogP) is 2.14. The van der Waals surface area contributed by atoms with Gasteiger partial charge in [0.25, 0.3) is 0 Å². The fourth-order valence-electron chi connectivity index (χ4n) is 4.56. The Hall–Kier alpha value is -2.46. The zero-order valence-corrected chi connectivity index (χ0v) is 21.7. The molecule has 4 rings (SSSR count). The molecule has 2 saturated heterocycles. The minimum atomic E-state index is -0.573. The fraction of sp³-hybridized carbons (Fsp3) is 0.615. The zero-order chi connectivity index (χ0) is 25.0. The highest BCUT2D eigenvalue weighted by molar-refractivity contribution is 5.67. The summed E-state index contributed by atoms with van der Waals surface area (Å²) in [7, 11) is 3.99. The smallest absolute Gasteiger partial charge is 0.164 e. The molecule has 0 spiro atoms. The van der Waals surface area contributed by atoms with Crippen molar-refractivity contribution in [2.75, 3.05) is 70.3 Å². The van der Waals surface area contributed by atoms with Gasteiger partial charge in [-0.2, -0.15) is 0 Å². The third-order valence-electron chi connectivity index (χ3n) is 6.98. The van der Waals surface area contributed by atoms with E-state index in [1.54, 1.807) is 7.05 Å². The molecule has 2 aliphatic rings. The molecule has 9 heteroatoms. The molecule has 0 amide bonds. The molecule has 2 aromatic rings. The van der Waals surface area contributed by atoms with Gasteiger partial charge in [-0.15, -0.1) is 0 Å². The van der Waals surface area contributed by atoms with Gasteiger partial charge in [0.2, 0.25) is 0 Å². The molecule has 2 unspecified atom stereocenters. The average molecular weight is 485 g/mol. The molecule has 2 atom stereocenters. The maximum atomic E-state index is 10.0. The van der Waals surface area contributed by atoms with Crippen molar-refractivity contribution in [1.82, 2.24) is 20.2 Å². The van der Waals surface area contributed by atoms with Gasteiger partial charge in [0.05, 0.1) is 12.6 Å². The summed E-state index contributed by atoms with van der Waals surface area (Å²) in [5, 5.41) is 16.6. The number of ether oxygens (including phenoxy) is 2. The molecule has 1 aromatic carbocycles. The van der Waals surface area contributed by atoms with Gasteiger partial charge in [-0.3, -0.25) is 4.90 Å². The number of aliphatic hydroxyl groups is 1. The molecule has 2 aliphatic heterocycles. The van der Waals surface area contributed by atoms with E-state index in [4.69, 9.17) is 19.4 Å². The molecule has 2 fully saturated rings. The van der Waals surface area contributed by atoms with Crippen molar-refractivity contribution in [3.05, 3.63) is 29.8 Å². The van der Waals surface area contributed by atoms with Crippen LogP contribution in [0.2, 0.25) is 0 Å². The fourth-order valence-corrected chi connectivity index (χ4v) is 4.56. The molecule has 9 nitrogen and oxygen atoms in total. The minimum absolute atomic E-state index is 0.0463. The number of aliphatic hydroxyl groups excluding tert-OH is 1. The highest BCUT2D eigenvalue weighted by atomic mass is 16.5. The largest absolute Gasteiger partial charge is 0.491 e. The standard InChI is InChI=1S/C26H40N6O3/c1-18-23(28-20-9-12-34-15-20)29-24(30-25(18)32-11-10-31(5)26(2,3)17-32)19-7-6-8-22(13-19)35-16-21(33)14-27-4/h6-8,13,20-21,27,33H,9-12,14-17H2,1-5H3,(H,28,29,30). The Morgan fingerprint density at radius 2 is 2.11 bits per heavy atom. The summed E-state index contributed by atoms with van der Waals surface area (Å²) in [5.41, 5.74) is 1.99. The summed E-state index contributed by atoms with van der Waals surface area (Å²) < 4.78 is 11.4. The summed E-state index contributed by atoms with van der Waals surface area (Å²) in [6.45, 7) is 11.6. The Balaban J connectivity index is 1.66. The van der Waals surface area contributed by atoms with E-state index < -0.39 is 6.10 Å². The first-order valence-corrected chi connectivity index (χ1v) is 12.5. The highest BCUT2D eigenvalue weighted by Gasteiger charge is 2.33. The monoisotopic (exact) mass is 484 g/mol. The lowest BCUT2D eigenvalue weighted by Gasteiger charge is -2.46. The molecule has 3 heterocycles. The number of anilines is 2. The van der Waals surface area contributed by atoms with Crippen LogP contribution in [-0.2, 0) is 4.74 Å². The normalized spacial score (nSPS) is 21.2. The summed E-state index contributed by atoms with van der Waals surface area (Å²) >= 11 is 0. The van der Waals surface area contributed by atoms with Crippen LogP contribution < -0.4 is 20.3 Å². The van der Waals surface area contributed by atoms with Crippen molar-refractivity contribution in [1.29, 1.82) is 0 Å². The van der Waals surface area contributed by atoms with Gasteiger partial charge in [0, 0.05) is 49.5 Å². The highest BCUT2D eigenvalue weighted by Crippen LogP contribution is 2.32. The van der Waals surface area contributed by atoms with E-state index in [1.807, 2.05) is 24.3 Å². The van der Waals surface area contributed by atoms with Crippen LogP contribution in [0.4, 0.5) is 11.6 Å². The van der Waals surface area contributed by atoms with E-state index in [9.17, 15) is 5.11 Å². The van der Waals surface area contributed by atoms with Crippen LogP contribution in [0.15, 0.2) is 24.3 Å². The third-order valence-corrected chi connectivity index (χ3v) is 6.98. The van der Waals surface area contributed by atoms with Gasteiger partial charge >= 0.3 is 0 Å². The Morgan fingerprint density at radius 1 is 1.29 bits per heavy atom. The first-order valence-electron chi connectivity index (χ1n) is 12.5. The number of aromatic nitrogens is 2. The van der Waals surface area contributed by atoms with Crippen LogP contribution in [0.5, 0.6) is 5.75 Å². The van der Waals surface area contributed by atoms with E-state index >= 15 is 0 Å². The Bertz CT molecular complexity index is 995. The molecule has 1 aromatic heterocycles. The van der Waals surface area contributed by atoms with E-state index in [0.717, 1.165) is 55.4 Å². The summed E-state index contributed by atoms with van der Waals surface area (Å²) in [6, 6.07) is 8.02. The van der Waals surface area contributed by atoms with Crippen LogP contribution >= 0.6 is 0 Å². The molecule has 0 radical (unpaired) electrons. The second-order valence-electron chi connectivity index (χ2n) is 10.3. The lowest BCUT2D eigenvalue weighted by atomic mass is 9.99. The summed E-state index contributed by atoms with van der Waals surface area (Å²) in [4.78, 5) is 14.8. The lowest BCUT2D eigenvalue weighted by molar-refractivity contribution is 0.108. The van der Waals surface area contributed by atoms with Gasteiger partial charge < -0.3 is 30.1 Å². The first kappa shape index (κ1) is 25.6. The van der Waals surface area contributed by atoms with E-state index in [0.29, 0.717) is 24.7 Å². The van der Waals surface area contributed by atoms with Gasteiger partial charge in [-0.25, -0.2) is 9.97 Å². The van der Waals surface area contributed by atoms with Crippen LogP contribution in [-0.4, -0.2) is 97.8 Å². The molecule has 0 bridgehead atoms. The second kappa shape index (κ2) is 11.1. The van der Waals surface area contributed by atoms with Crippen LogP contribution in [0, 0.1) is 6.92 Å². The number of hydrogen-bond acceptors (Lipinski definition) is 9. The third kappa shape index (κ3) is 6.22. The number of nitrogens with one attached hydrogen (secondary N) is 2. The number of likely N-dealkylation sites (N-methyl/N-ethyl adjacent to an activating group) is 2. The summed E-state index contributed by atoms with van der Waals surface area (Å²) in [5.74, 6) is 3.16. The van der Waals surface area contributed by atoms with Crippen molar-refractivity contribution in [2.45, 2.75) is 44.9 Å². The minimum Gasteiger partial charge on any atom is -0.491 e. The Morgan fingerprint density at radius 3 is 2.83 bits per heavy atom. The van der Waals surface area contributed by atoms with Crippen LogP contribution in [0.1, 0.15) is 25.8 Å². The molecule has 192 valence electrons. The molecule has 35 heavy (non-hydrogen) atoms. The number of piperazine rings is 1. The maximum absolute atomic E-state index is 10.0. The lowest BCUT2D eigenvalue weighted by Crippen LogP contribution is -2.58. The molecular weight excluding hydrogens is 444 g/mol. The molecule has 0 aliphatic carbocycles. The number of hydrogen-bond donors (Lipinski definition) is 3. The van der Waals surface area contributed by atoms with Gasteiger partial charge in [0.15, 0.2) is 5.82 Å². The molecule has 0 saturated carbocycles. The average Bonchev–Trinajstić information content (AvgIpc) is 3.34. The topological polar surface area (TPSA) is 95.0 Å². The van der Waals surface area contributed by atoms with Crippen LogP contribution in [0.25, 0.3) is 11.4 Å². The van der Waals surface area contributed by atoms with E-state index in [1.165, 1.54) is 0 Å². The first-order chi connectivity index (χ1) is 16.8. The number of nitrogens with zero attached hydrogens (tertiary/aromatic N) is 4. The van der Waals surface area contributed by atoms with E-state index in [2.05, 4.69) is 48.3 Å². The summed E-state index contributed by atoms with van der Waals surface area (Å²) in [6.07, 6.45) is 0.393. The quantitative estimate of drug-likeness (QED) is 0.495. The van der Waals surface area contributed by atoms with Crippen LogP contribution in [0.3, 0.4) is 0 Å². The Kier molecular flexibility index (Phi) is 8.11. The van der Waals surface area contributed by atoms with Gasteiger partial charge in [-0.1, -0.05) is 12.1 Å². The predicted molar refractivity (Wildman–Crippen MR) is 139 cm³/mol.